The molecule has 30 heavy (non-hydrogen) atoms. The summed E-state index contributed by atoms with van der Waals surface area (Å²) in [7, 11) is 0. The molecule has 0 spiro atoms. The molecular weight excluding hydrogens is 382 g/mol. The van der Waals surface area contributed by atoms with Gasteiger partial charge in [0.25, 0.3) is 5.92 Å². The molecular formula is C26H26F2O2. The van der Waals surface area contributed by atoms with Crippen molar-refractivity contribution in [3.63, 3.8) is 0 Å². The molecule has 1 fully saturated rings. The van der Waals surface area contributed by atoms with Crippen molar-refractivity contribution in [1.82, 2.24) is 0 Å². The molecule has 1 saturated carbocycles. The molecule has 0 amide bonds. The number of rotatable bonds is 9. The molecule has 0 aromatic heterocycles. The molecule has 156 valence electrons. The summed E-state index contributed by atoms with van der Waals surface area (Å²) in [5.41, 5.74) is 0.752. The quantitative estimate of drug-likeness (QED) is 0.373. The van der Waals surface area contributed by atoms with Gasteiger partial charge in [-0.2, -0.15) is 0 Å². The molecule has 0 bridgehead atoms. The highest BCUT2D eigenvalue weighted by Gasteiger charge is 2.70. The van der Waals surface area contributed by atoms with Crippen LogP contribution in [0.2, 0.25) is 0 Å². The minimum atomic E-state index is -2.64. The van der Waals surface area contributed by atoms with E-state index in [-0.39, 0.29) is 6.42 Å². The van der Waals surface area contributed by atoms with Crippen molar-refractivity contribution < 1.29 is 18.3 Å². The zero-order chi connectivity index (χ0) is 21.0. The van der Waals surface area contributed by atoms with Gasteiger partial charge in [-0.3, -0.25) is 0 Å². The van der Waals surface area contributed by atoms with Gasteiger partial charge in [0.1, 0.15) is 17.2 Å². The third-order valence-electron chi connectivity index (χ3n) is 5.76. The predicted octanol–water partition coefficient (Wildman–Crippen LogP) is 7.18. The number of aryl methyl sites for hydroxylation is 1. The Bertz CT molecular complexity index is 970. The van der Waals surface area contributed by atoms with E-state index in [1.807, 2.05) is 61.5 Å². The minimum Gasteiger partial charge on any atom is -0.494 e. The van der Waals surface area contributed by atoms with Crippen molar-refractivity contribution in [2.24, 2.45) is 0 Å². The Kier molecular flexibility index (Phi) is 5.76. The van der Waals surface area contributed by atoms with Crippen LogP contribution in [0.4, 0.5) is 8.78 Å². The predicted molar refractivity (Wildman–Crippen MR) is 115 cm³/mol. The summed E-state index contributed by atoms with van der Waals surface area (Å²) < 4.78 is 40.1. The Labute approximate surface area is 176 Å². The van der Waals surface area contributed by atoms with Gasteiger partial charge in [-0.1, -0.05) is 42.5 Å². The molecule has 0 aliphatic heterocycles. The van der Waals surface area contributed by atoms with Gasteiger partial charge in [-0.25, -0.2) is 8.78 Å². The van der Waals surface area contributed by atoms with Gasteiger partial charge in [0.15, 0.2) is 0 Å². The van der Waals surface area contributed by atoms with Crippen molar-refractivity contribution in [3.05, 3.63) is 90.0 Å². The monoisotopic (exact) mass is 408 g/mol. The lowest BCUT2D eigenvalue weighted by Gasteiger charge is -2.18. The van der Waals surface area contributed by atoms with Crippen LogP contribution in [0.3, 0.4) is 0 Å². The third-order valence-corrected chi connectivity index (χ3v) is 5.76. The maximum atomic E-state index is 14.4. The van der Waals surface area contributed by atoms with E-state index in [1.54, 1.807) is 24.3 Å². The zero-order valence-electron chi connectivity index (χ0n) is 17.1. The normalized spacial score (nSPS) is 19.3. The molecule has 1 aliphatic rings. The molecule has 0 radical (unpaired) electrons. The van der Waals surface area contributed by atoms with Gasteiger partial charge in [0, 0.05) is 6.42 Å². The highest BCUT2D eigenvalue weighted by Crippen LogP contribution is 2.64. The van der Waals surface area contributed by atoms with Crippen LogP contribution in [-0.2, 0) is 11.8 Å². The number of hydrogen-bond donors (Lipinski definition) is 0. The van der Waals surface area contributed by atoms with E-state index < -0.39 is 11.3 Å². The van der Waals surface area contributed by atoms with E-state index in [2.05, 4.69) is 0 Å². The number of benzene rings is 3. The first-order valence-corrected chi connectivity index (χ1v) is 10.5. The number of hydrogen-bond acceptors (Lipinski definition) is 2. The molecule has 4 heteroatoms. The summed E-state index contributed by atoms with van der Waals surface area (Å²) in [6.45, 7) is 2.47. The van der Waals surface area contributed by atoms with Crippen LogP contribution in [0.25, 0.3) is 0 Å². The van der Waals surface area contributed by atoms with Gasteiger partial charge in [0.05, 0.1) is 12.0 Å². The van der Waals surface area contributed by atoms with Gasteiger partial charge in [-0.05, 0) is 73.7 Å². The molecule has 0 saturated heterocycles. The smallest absolute Gasteiger partial charge is 0.258 e. The third kappa shape index (κ3) is 4.33. The summed E-state index contributed by atoms with van der Waals surface area (Å²) >= 11 is 0. The number of ether oxygens (including phenoxy) is 2. The van der Waals surface area contributed by atoms with Crippen LogP contribution >= 0.6 is 0 Å². The van der Waals surface area contributed by atoms with E-state index >= 15 is 0 Å². The van der Waals surface area contributed by atoms with Crippen LogP contribution in [0, 0.1) is 0 Å². The summed E-state index contributed by atoms with van der Waals surface area (Å²) in [6, 6.07) is 24.6. The molecule has 3 aromatic rings. The van der Waals surface area contributed by atoms with Crippen LogP contribution in [-0.4, -0.2) is 12.5 Å². The van der Waals surface area contributed by atoms with Crippen molar-refractivity contribution in [3.8, 4) is 17.2 Å². The second-order valence-corrected chi connectivity index (χ2v) is 7.84. The van der Waals surface area contributed by atoms with E-state index in [0.29, 0.717) is 25.0 Å². The van der Waals surface area contributed by atoms with Crippen LogP contribution < -0.4 is 9.47 Å². The highest BCUT2D eigenvalue weighted by atomic mass is 19.3. The number of halogens is 2. The lowest BCUT2D eigenvalue weighted by molar-refractivity contribution is 0.0846. The van der Waals surface area contributed by atoms with Crippen molar-refractivity contribution in [2.75, 3.05) is 6.61 Å². The van der Waals surface area contributed by atoms with Gasteiger partial charge in [0.2, 0.25) is 0 Å². The van der Waals surface area contributed by atoms with Crippen LogP contribution in [0.15, 0.2) is 78.9 Å². The van der Waals surface area contributed by atoms with E-state index in [4.69, 9.17) is 9.47 Å². The van der Waals surface area contributed by atoms with Crippen LogP contribution in [0.5, 0.6) is 17.2 Å². The molecule has 4 rings (SSSR count). The first kappa shape index (κ1) is 20.4. The maximum absolute atomic E-state index is 14.4. The topological polar surface area (TPSA) is 18.5 Å². The number of alkyl halides is 2. The average molecular weight is 408 g/mol. The summed E-state index contributed by atoms with van der Waals surface area (Å²) in [5, 5.41) is 0. The molecule has 1 aliphatic carbocycles. The maximum Gasteiger partial charge on any atom is 0.258 e. The zero-order valence-corrected chi connectivity index (χ0v) is 17.1. The molecule has 0 heterocycles. The first-order chi connectivity index (χ1) is 14.5. The SMILES string of the molecule is CCOc1ccc(C2(CCCc3cccc(Oc4ccccc4)c3)CC2(F)F)cc1. The number of para-hydroxylation sites is 1. The van der Waals surface area contributed by atoms with Gasteiger partial charge >= 0.3 is 0 Å². The summed E-state index contributed by atoms with van der Waals surface area (Å²) in [4.78, 5) is 0. The Morgan fingerprint density at radius 1 is 0.833 bits per heavy atom. The standard InChI is InChI=1S/C26H26F2O2/c1-2-29-22-15-13-21(14-16-22)25(19-26(25,27)28)17-7-9-20-8-6-12-24(18-20)30-23-10-4-3-5-11-23/h3-6,8,10-16,18H,2,7,9,17,19H2,1H3. The van der Waals surface area contributed by atoms with Crippen LogP contribution in [0.1, 0.15) is 37.3 Å². The lowest BCUT2D eigenvalue weighted by Crippen LogP contribution is -2.17. The summed E-state index contributed by atoms with van der Waals surface area (Å²) in [5.74, 6) is -0.382. The average Bonchev–Trinajstić information content (AvgIpc) is 3.31. The first-order valence-electron chi connectivity index (χ1n) is 10.5. The largest absolute Gasteiger partial charge is 0.494 e. The van der Waals surface area contributed by atoms with Crippen molar-refractivity contribution in [1.29, 1.82) is 0 Å². The Balaban J connectivity index is 1.39. The molecule has 1 atom stereocenters. The molecule has 3 aromatic carbocycles. The molecule has 2 nitrogen and oxygen atoms in total. The molecule has 1 unspecified atom stereocenters. The van der Waals surface area contributed by atoms with Crippen molar-refractivity contribution in [2.45, 2.75) is 43.9 Å². The highest BCUT2D eigenvalue weighted by molar-refractivity contribution is 5.41. The Morgan fingerprint density at radius 2 is 1.53 bits per heavy atom. The Morgan fingerprint density at radius 3 is 2.20 bits per heavy atom. The fourth-order valence-electron chi connectivity index (χ4n) is 4.08. The van der Waals surface area contributed by atoms with Gasteiger partial charge in [-0.15, -0.1) is 0 Å². The second kappa shape index (κ2) is 8.47. The van der Waals surface area contributed by atoms with E-state index in [9.17, 15) is 8.78 Å². The van der Waals surface area contributed by atoms with E-state index in [1.165, 1.54) is 0 Å². The summed E-state index contributed by atoms with van der Waals surface area (Å²) in [6.07, 6.45) is 1.81. The fourth-order valence-corrected chi connectivity index (χ4v) is 4.08. The van der Waals surface area contributed by atoms with Gasteiger partial charge < -0.3 is 9.47 Å². The Hall–Kier alpha value is -2.88. The minimum absolute atomic E-state index is 0.0782. The lowest BCUT2D eigenvalue weighted by atomic mass is 9.88. The van der Waals surface area contributed by atoms with E-state index in [0.717, 1.165) is 29.2 Å². The second-order valence-electron chi connectivity index (χ2n) is 7.84. The molecule has 0 N–H and O–H groups in total. The van der Waals surface area contributed by atoms with Crippen molar-refractivity contribution >= 4 is 0 Å². The fraction of sp³-hybridized carbons (Fsp3) is 0.308.